The molecule has 0 fully saturated rings. The molecule has 2 atom stereocenters. The van der Waals surface area contributed by atoms with Crippen LogP contribution in [0.5, 0.6) is 0 Å². The molecule has 2 aromatic carbocycles. The van der Waals surface area contributed by atoms with Crippen LogP contribution >= 0.6 is 0 Å². The van der Waals surface area contributed by atoms with E-state index in [1.165, 1.54) is 0 Å². The average Bonchev–Trinajstić information content (AvgIpc) is 2.97. The summed E-state index contributed by atoms with van der Waals surface area (Å²) in [5, 5.41) is 14.1. The van der Waals surface area contributed by atoms with Crippen molar-refractivity contribution in [2.75, 3.05) is 13.6 Å². The topological polar surface area (TPSA) is 104 Å². The fourth-order valence-corrected chi connectivity index (χ4v) is 7.19. The summed E-state index contributed by atoms with van der Waals surface area (Å²) in [7, 11) is 1.55. The Kier molecular flexibility index (Phi) is 7.16. The van der Waals surface area contributed by atoms with E-state index in [1.54, 1.807) is 19.2 Å². The number of hydrogen-bond donors (Lipinski definition) is 2. The second kappa shape index (κ2) is 9.65. The van der Waals surface area contributed by atoms with Gasteiger partial charge in [-0.25, -0.2) is 0 Å². The van der Waals surface area contributed by atoms with E-state index in [4.69, 9.17) is 0 Å². The molecule has 1 heterocycles. The molecular weight excluding hydrogens is 459 g/mol. The minimum atomic E-state index is -0.986. The van der Waals surface area contributed by atoms with Gasteiger partial charge >= 0.3 is 188 Å². The van der Waals surface area contributed by atoms with E-state index < -0.39 is 38.2 Å². The van der Waals surface area contributed by atoms with Crippen LogP contribution < -0.4 is 5.32 Å². The van der Waals surface area contributed by atoms with Crippen LogP contribution in [0.2, 0.25) is 9.41 Å². The Morgan fingerprint density at radius 3 is 2.03 bits per heavy atom. The van der Waals surface area contributed by atoms with Crippen molar-refractivity contribution in [1.29, 1.82) is 0 Å². The number of aliphatic carboxylic acids is 1. The van der Waals surface area contributed by atoms with Crippen LogP contribution in [0.15, 0.2) is 36.4 Å². The second-order valence-corrected chi connectivity index (χ2v) is 11.3. The van der Waals surface area contributed by atoms with Crippen LogP contribution in [0.25, 0.3) is 10.8 Å². The maximum absolute atomic E-state index is 12.9. The van der Waals surface area contributed by atoms with Gasteiger partial charge in [0.05, 0.1) is 0 Å². The Labute approximate surface area is 187 Å². The van der Waals surface area contributed by atoms with E-state index in [2.05, 4.69) is 5.32 Å². The van der Waals surface area contributed by atoms with Crippen LogP contribution in [0.3, 0.4) is 0 Å². The van der Waals surface area contributed by atoms with Crippen molar-refractivity contribution < 1.29 is 24.3 Å². The summed E-state index contributed by atoms with van der Waals surface area (Å²) in [6, 6.07) is 10.9. The number of imide groups is 1. The Morgan fingerprint density at radius 2 is 1.58 bits per heavy atom. The zero-order valence-electron chi connectivity index (χ0n) is 17.8. The quantitative estimate of drug-likeness (QED) is 0.420. The van der Waals surface area contributed by atoms with Gasteiger partial charge in [-0.05, 0) is 0 Å². The first kappa shape index (κ1) is 23.0. The van der Waals surface area contributed by atoms with Crippen LogP contribution in [-0.4, -0.2) is 63.0 Å². The van der Waals surface area contributed by atoms with E-state index in [-0.39, 0.29) is 29.5 Å². The number of benzene rings is 2. The van der Waals surface area contributed by atoms with E-state index in [0.29, 0.717) is 17.5 Å². The van der Waals surface area contributed by atoms with Gasteiger partial charge in [-0.2, -0.15) is 0 Å². The first-order chi connectivity index (χ1) is 14.7. The SMILES string of the molecule is CNC(=O)[C@@H](CC(C)C)[As]C(CCN1C(=O)c2cc3ccccc3cc2C1=O)C(=O)O. The third-order valence-corrected chi connectivity index (χ3v) is 8.80. The van der Waals surface area contributed by atoms with Crippen LogP contribution in [-0.2, 0) is 9.59 Å². The predicted octanol–water partition coefficient (Wildman–Crippen LogP) is 2.98. The standard InChI is InChI=1S/C23H26AsN2O5/c1-13(2)10-19(20(27)25-3)24-18(23(30)31)8-9-26-21(28)16-11-14-6-4-5-7-15(14)12-17(16)22(26)29/h4-7,11-13,18-19H,8-10H2,1-3H3,(H,25,27)(H,30,31)/t18?,19-/m1/s1. The van der Waals surface area contributed by atoms with Gasteiger partial charge in [-0.15, -0.1) is 0 Å². The number of fused-ring (bicyclic) bond motifs is 2. The van der Waals surface area contributed by atoms with Gasteiger partial charge in [-0.3, -0.25) is 0 Å². The van der Waals surface area contributed by atoms with E-state index in [9.17, 15) is 24.3 Å². The van der Waals surface area contributed by atoms with Crippen molar-refractivity contribution in [1.82, 2.24) is 10.2 Å². The molecule has 1 unspecified atom stereocenters. The van der Waals surface area contributed by atoms with Crippen molar-refractivity contribution in [3.63, 3.8) is 0 Å². The van der Waals surface area contributed by atoms with Crippen LogP contribution in [0, 0.1) is 5.92 Å². The third-order valence-electron chi connectivity index (χ3n) is 5.35. The average molecular weight is 485 g/mol. The van der Waals surface area contributed by atoms with Crippen LogP contribution in [0.1, 0.15) is 47.4 Å². The summed E-state index contributed by atoms with van der Waals surface area (Å²) >= 11 is -0.849. The van der Waals surface area contributed by atoms with Gasteiger partial charge in [-0.1, -0.05) is 0 Å². The van der Waals surface area contributed by atoms with E-state index in [0.717, 1.165) is 15.7 Å². The first-order valence-electron chi connectivity index (χ1n) is 10.3. The van der Waals surface area contributed by atoms with Crippen molar-refractivity contribution in [3.8, 4) is 0 Å². The van der Waals surface area contributed by atoms with Crippen molar-refractivity contribution >= 4 is 50.2 Å². The molecule has 0 bridgehead atoms. The molecule has 3 rings (SSSR count). The molecular formula is C23H26AsN2O5. The predicted molar refractivity (Wildman–Crippen MR) is 118 cm³/mol. The molecule has 1 aliphatic rings. The molecule has 8 heteroatoms. The van der Waals surface area contributed by atoms with Gasteiger partial charge in [0.2, 0.25) is 0 Å². The molecule has 0 saturated carbocycles. The molecule has 3 amide bonds. The van der Waals surface area contributed by atoms with Crippen molar-refractivity contribution in [3.05, 3.63) is 47.5 Å². The first-order valence-corrected chi connectivity index (χ1v) is 12.4. The summed E-state index contributed by atoms with van der Waals surface area (Å²) in [6.07, 6.45) is 0.759. The number of carbonyl (C=O) groups excluding carboxylic acids is 3. The molecule has 0 spiro atoms. The zero-order valence-corrected chi connectivity index (χ0v) is 19.7. The van der Waals surface area contributed by atoms with Crippen molar-refractivity contribution in [2.45, 2.75) is 36.1 Å². The number of rotatable bonds is 9. The monoisotopic (exact) mass is 485 g/mol. The minimum absolute atomic E-state index is 0.0252. The molecule has 163 valence electrons. The number of hydrogen-bond acceptors (Lipinski definition) is 4. The van der Waals surface area contributed by atoms with E-state index >= 15 is 0 Å². The molecule has 1 aliphatic heterocycles. The Balaban J connectivity index is 1.75. The maximum atomic E-state index is 12.9. The normalized spacial score (nSPS) is 15.7. The molecule has 7 nitrogen and oxygen atoms in total. The van der Waals surface area contributed by atoms with Gasteiger partial charge in [0, 0.05) is 0 Å². The Morgan fingerprint density at radius 1 is 1.03 bits per heavy atom. The summed E-state index contributed by atoms with van der Waals surface area (Å²) < 4.78 is -1.07. The van der Waals surface area contributed by atoms with Gasteiger partial charge in [0.15, 0.2) is 0 Å². The van der Waals surface area contributed by atoms with Gasteiger partial charge in [0.25, 0.3) is 0 Å². The number of nitrogens with one attached hydrogen (secondary N) is 1. The molecule has 0 aliphatic carbocycles. The third kappa shape index (κ3) is 4.98. The van der Waals surface area contributed by atoms with E-state index in [1.807, 2.05) is 38.1 Å². The van der Waals surface area contributed by atoms with Crippen LogP contribution in [0.4, 0.5) is 0 Å². The number of amides is 3. The molecule has 2 aromatic rings. The molecule has 0 saturated heterocycles. The fourth-order valence-electron chi connectivity index (χ4n) is 3.76. The van der Waals surface area contributed by atoms with Gasteiger partial charge < -0.3 is 0 Å². The number of nitrogens with zero attached hydrogens (tertiary/aromatic N) is 1. The fraction of sp³-hybridized carbons (Fsp3) is 0.391. The zero-order chi connectivity index (χ0) is 22.7. The molecule has 1 radical (unpaired) electrons. The summed E-state index contributed by atoms with van der Waals surface area (Å²) in [4.78, 5) is 51.0. The summed E-state index contributed by atoms with van der Waals surface area (Å²) in [5.74, 6) is -1.66. The second-order valence-electron chi connectivity index (χ2n) is 8.06. The number of carboxylic acid groups (broad SMARTS) is 1. The molecule has 31 heavy (non-hydrogen) atoms. The van der Waals surface area contributed by atoms with Crippen molar-refractivity contribution in [2.24, 2.45) is 5.92 Å². The number of carbonyl (C=O) groups is 4. The Hall–Kier alpha value is -2.66. The molecule has 2 N–H and O–H groups in total. The van der Waals surface area contributed by atoms with Gasteiger partial charge in [0.1, 0.15) is 0 Å². The Bertz CT molecular complexity index is 981. The summed E-state index contributed by atoms with van der Waals surface area (Å²) in [6.45, 7) is 4.02. The summed E-state index contributed by atoms with van der Waals surface area (Å²) in [5.41, 5.74) is 0.707. The molecule has 0 aromatic heterocycles. The number of carboxylic acids is 1.